The molecule has 0 fully saturated rings. The fourth-order valence-corrected chi connectivity index (χ4v) is 4.37. The number of carbonyl (C=O) groups excluding carboxylic acids is 1. The van der Waals surface area contributed by atoms with Crippen LogP contribution in [0.15, 0.2) is 112 Å². The highest BCUT2D eigenvalue weighted by molar-refractivity contribution is 6.30. The molecule has 0 N–H and O–H groups in total. The van der Waals surface area contributed by atoms with Gasteiger partial charge >= 0.3 is 12.1 Å². The number of hydrogen-bond acceptors (Lipinski definition) is 4. The number of carbonyl (C=O) groups is 1. The molecule has 5 rings (SSSR count). The van der Waals surface area contributed by atoms with Gasteiger partial charge in [0, 0.05) is 11.1 Å². The van der Waals surface area contributed by atoms with Crippen molar-refractivity contribution in [3.05, 3.63) is 135 Å². The maximum absolute atomic E-state index is 14.0. The molecule has 0 unspecified atom stereocenters. The number of benzene rings is 4. The first kappa shape index (κ1) is 25.3. The van der Waals surface area contributed by atoms with E-state index in [4.69, 9.17) is 20.8 Å². The molecule has 5 aromatic rings. The Morgan fingerprint density at radius 3 is 1.95 bits per heavy atom. The summed E-state index contributed by atoms with van der Waals surface area (Å²) in [5, 5.41) is 0.216. The molecule has 0 amide bonds. The van der Waals surface area contributed by atoms with Crippen molar-refractivity contribution in [1.29, 1.82) is 0 Å². The van der Waals surface area contributed by atoms with Crippen molar-refractivity contribution in [2.45, 2.75) is 12.1 Å². The lowest BCUT2D eigenvalue weighted by Gasteiger charge is -2.17. The molecule has 8 heteroatoms. The molecule has 38 heavy (non-hydrogen) atoms. The molecule has 0 bridgehead atoms. The van der Waals surface area contributed by atoms with E-state index in [1.807, 2.05) is 12.1 Å². The van der Waals surface area contributed by atoms with Gasteiger partial charge in [-0.1, -0.05) is 84.4 Å². The van der Waals surface area contributed by atoms with Crippen LogP contribution in [0.5, 0.6) is 5.75 Å². The smallest absolute Gasteiger partial charge is 0.450 e. The molecule has 0 radical (unpaired) electrons. The van der Waals surface area contributed by atoms with Crippen molar-refractivity contribution >= 4 is 28.5 Å². The van der Waals surface area contributed by atoms with Gasteiger partial charge in [0.1, 0.15) is 17.3 Å². The molecule has 0 saturated carbocycles. The van der Waals surface area contributed by atoms with E-state index >= 15 is 0 Å². The van der Waals surface area contributed by atoms with Crippen LogP contribution < -0.4 is 10.2 Å². The maximum atomic E-state index is 14.0. The first-order chi connectivity index (χ1) is 18.2. The Hall–Kier alpha value is -4.36. The molecule has 0 aliphatic rings. The quantitative estimate of drug-likeness (QED) is 0.170. The molecular formula is C30H18ClF3O4. The van der Waals surface area contributed by atoms with Crippen molar-refractivity contribution in [2.24, 2.45) is 0 Å². The summed E-state index contributed by atoms with van der Waals surface area (Å²) in [4.78, 5) is 26.5. The van der Waals surface area contributed by atoms with Crippen LogP contribution >= 0.6 is 11.6 Å². The molecule has 190 valence electrons. The lowest BCUT2D eigenvalue weighted by atomic mass is 9.91. The molecule has 0 aliphatic carbocycles. The number of rotatable bonds is 5. The van der Waals surface area contributed by atoms with E-state index in [9.17, 15) is 22.8 Å². The summed E-state index contributed by atoms with van der Waals surface area (Å²) in [5.41, 5.74) is -0.474. The second-order valence-electron chi connectivity index (χ2n) is 8.47. The van der Waals surface area contributed by atoms with Crippen LogP contribution in [0.1, 0.15) is 22.8 Å². The molecule has 1 aromatic heterocycles. The average molecular weight is 535 g/mol. The van der Waals surface area contributed by atoms with Crippen LogP contribution in [0.2, 0.25) is 5.02 Å². The number of fused-ring (bicyclic) bond motifs is 1. The molecule has 0 spiro atoms. The van der Waals surface area contributed by atoms with Crippen molar-refractivity contribution in [3.8, 4) is 16.9 Å². The summed E-state index contributed by atoms with van der Waals surface area (Å²) in [6.07, 6.45) is -4.96. The summed E-state index contributed by atoms with van der Waals surface area (Å²) in [7, 11) is 0. The minimum Gasteiger partial charge on any atom is -0.450 e. The van der Waals surface area contributed by atoms with E-state index in [0.29, 0.717) is 16.1 Å². The Labute approximate surface area is 219 Å². The molecule has 1 heterocycles. The largest absolute Gasteiger partial charge is 0.450 e. The first-order valence-corrected chi connectivity index (χ1v) is 11.9. The van der Waals surface area contributed by atoms with Crippen molar-refractivity contribution < 1.29 is 27.1 Å². The molecule has 0 saturated heterocycles. The van der Waals surface area contributed by atoms with Crippen LogP contribution in [0.4, 0.5) is 13.2 Å². The van der Waals surface area contributed by atoms with E-state index in [1.165, 1.54) is 36.4 Å². The average Bonchev–Trinajstić information content (AvgIpc) is 2.90. The van der Waals surface area contributed by atoms with Gasteiger partial charge in [-0.25, -0.2) is 0 Å². The number of hydrogen-bond donors (Lipinski definition) is 0. The highest BCUT2D eigenvalue weighted by Crippen LogP contribution is 2.38. The van der Waals surface area contributed by atoms with Gasteiger partial charge in [-0.2, -0.15) is 13.2 Å². The summed E-state index contributed by atoms with van der Waals surface area (Å²) < 4.78 is 52.7. The highest BCUT2D eigenvalue weighted by atomic mass is 35.5. The molecule has 0 aliphatic heterocycles. The predicted molar refractivity (Wildman–Crippen MR) is 138 cm³/mol. The molecular weight excluding hydrogens is 517 g/mol. The summed E-state index contributed by atoms with van der Waals surface area (Å²) in [5.74, 6) is -2.93. The predicted octanol–water partition coefficient (Wildman–Crippen LogP) is 7.87. The molecule has 0 atom stereocenters. The van der Waals surface area contributed by atoms with E-state index in [2.05, 4.69) is 0 Å². The Kier molecular flexibility index (Phi) is 6.78. The van der Waals surface area contributed by atoms with Gasteiger partial charge in [0.05, 0.1) is 10.9 Å². The topological polar surface area (TPSA) is 56.5 Å². The van der Waals surface area contributed by atoms with Crippen molar-refractivity contribution in [3.63, 3.8) is 0 Å². The molecule has 4 nitrogen and oxygen atoms in total. The maximum Gasteiger partial charge on any atom is 0.450 e. The van der Waals surface area contributed by atoms with Crippen LogP contribution in [-0.4, -0.2) is 5.97 Å². The fraction of sp³-hybridized carbons (Fsp3) is 0.0667. The van der Waals surface area contributed by atoms with Crippen LogP contribution in [0.25, 0.3) is 22.1 Å². The van der Waals surface area contributed by atoms with Gasteiger partial charge in [0.15, 0.2) is 0 Å². The van der Waals surface area contributed by atoms with Gasteiger partial charge in [0.25, 0.3) is 0 Å². The Morgan fingerprint density at radius 2 is 1.39 bits per heavy atom. The Morgan fingerprint density at radius 1 is 0.816 bits per heavy atom. The minimum absolute atomic E-state index is 0.0152. The minimum atomic E-state index is -4.96. The van der Waals surface area contributed by atoms with E-state index < -0.39 is 34.8 Å². The summed E-state index contributed by atoms with van der Waals surface area (Å²) >= 11 is 5.86. The number of esters is 1. The van der Waals surface area contributed by atoms with Gasteiger partial charge in [-0.3, -0.25) is 9.59 Å². The second kappa shape index (κ2) is 10.2. The van der Waals surface area contributed by atoms with Gasteiger partial charge in [0.2, 0.25) is 11.2 Å². The highest BCUT2D eigenvalue weighted by Gasteiger charge is 2.39. The normalized spacial score (nSPS) is 11.6. The lowest BCUT2D eigenvalue weighted by Crippen LogP contribution is -2.20. The number of alkyl halides is 3. The van der Waals surface area contributed by atoms with Gasteiger partial charge in [-0.15, -0.1) is 0 Å². The zero-order valence-corrected chi connectivity index (χ0v) is 20.3. The van der Waals surface area contributed by atoms with E-state index in [1.54, 1.807) is 48.5 Å². The SMILES string of the molecule is O=C(Oc1ccc2c(=O)c(-c3ccc(Cl)cc3)c(C(F)(F)F)oc2c1)C(c1ccccc1)c1ccccc1. The van der Waals surface area contributed by atoms with Gasteiger partial charge in [-0.05, 0) is 41.0 Å². The lowest BCUT2D eigenvalue weighted by molar-refractivity contribution is -0.152. The third-order valence-electron chi connectivity index (χ3n) is 5.97. The fourth-order valence-electron chi connectivity index (χ4n) is 4.25. The third kappa shape index (κ3) is 5.06. The number of halogens is 4. The standard InChI is InChI=1S/C30H18ClF3O4/c31-21-13-11-20(12-14-21)26-27(35)23-16-15-22(17-24(23)38-28(26)30(32,33)34)37-29(36)25(18-7-3-1-4-8-18)19-9-5-2-6-10-19/h1-17,25H. The van der Waals surface area contributed by atoms with Crippen LogP contribution in [-0.2, 0) is 11.0 Å². The zero-order chi connectivity index (χ0) is 26.9. The third-order valence-corrected chi connectivity index (χ3v) is 6.23. The van der Waals surface area contributed by atoms with E-state index in [-0.39, 0.29) is 22.3 Å². The Bertz CT molecular complexity index is 1620. The number of ether oxygens (including phenoxy) is 1. The van der Waals surface area contributed by atoms with Gasteiger partial charge < -0.3 is 9.15 Å². The first-order valence-electron chi connectivity index (χ1n) is 11.5. The van der Waals surface area contributed by atoms with Crippen molar-refractivity contribution in [2.75, 3.05) is 0 Å². The van der Waals surface area contributed by atoms with Crippen molar-refractivity contribution in [1.82, 2.24) is 0 Å². The summed E-state index contributed by atoms with van der Waals surface area (Å²) in [6.45, 7) is 0. The monoisotopic (exact) mass is 534 g/mol. The Balaban J connectivity index is 1.57. The second-order valence-corrected chi connectivity index (χ2v) is 8.91. The van der Waals surface area contributed by atoms with E-state index in [0.717, 1.165) is 6.07 Å². The molecule has 4 aromatic carbocycles. The van der Waals surface area contributed by atoms with Crippen LogP contribution in [0, 0.1) is 0 Å². The summed E-state index contributed by atoms with van der Waals surface area (Å²) in [6, 6.07) is 27.1. The van der Waals surface area contributed by atoms with Crippen LogP contribution in [0.3, 0.4) is 0 Å². The zero-order valence-electron chi connectivity index (χ0n) is 19.5.